The average Bonchev–Trinajstić information content (AvgIpc) is 2.53. The molecule has 1 heterocycles. The van der Waals surface area contributed by atoms with E-state index in [-0.39, 0.29) is 17.2 Å². The van der Waals surface area contributed by atoms with E-state index >= 15 is 0 Å². The molecule has 1 aromatic rings. The first-order valence-electron chi connectivity index (χ1n) is 7.47. The predicted molar refractivity (Wildman–Crippen MR) is 86.5 cm³/mol. The molecule has 0 amide bonds. The van der Waals surface area contributed by atoms with Crippen molar-refractivity contribution in [1.29, 1.82) is 0 Å². The summed E-state index contributed by atoms with van der Waals surface area (Å²) in [5.41, 5.74) is -0.300. The number of sulfonamides is 1. The van der Waals surface area contributed by atoms with Crippen molar-refractivity contribution in [2.24, 2.45) is 0 Å². The van der Waals surface area contributed by atoms with E-state index < -0.39 is 15.6 Å². The van der Waals surface area contributed by atoms with Crippen LogP contribution >= 0.6 is 0 Å². The standard InChI is InChI=1S/C15H24N2O5S/c1-11-7-13(22-3)14(8-12(11)21-2)23(19,20)17-10-15(18)5-4-6-16-9-15/h7-8,16-18H,4-6,9-10H2,1-3H3/t15-/m0/s1. The summed E-state index contributed by atoms with van der Waals surface area (Å²) in [7, 11) is -0.936. The van der Waals surface area contributed by atoms with Gasteiger partial charge in [-0.25, -0.2) is 13.1 Å². The largest absolute Gasteiger partial charge is 0.496 e. The molecule has 0 radical (unpaired) electrons. The van der Waals surface area contributed by atoms with Gasteiger partial charge in [-0.15, -0.1) is 0 Å². The van der Waals surface area contributed by atoms with Gasteiger partial charge in [-0.05, 0) is 37.9 Å². The molecule has 0 unspecified atom stereocenters. The minimum Gasteiger partial charge on any atom is -0.496 e. The highest BCUT2D eigenvalue weighted by Crippen LogP contribution is 2.31. The van der Waals surface area contributed by atoms with Gasteiger partial charge < -0.3 is 19.9 Å². The van der Waals surface area contributed by atoms with E-state index in [0.29, 0.717) is 18.7 Å². The number of hydrogen-bond acceptors (Lipinski definition) is 6. The van der Waals surface area contributed by atoms with Crippen molar-refractivity contribution >= 4 is 10.0 Å². The second kappa shape index (κ2) is 7.04. The number of β-amino-alcohol motifs (C(OH)–C–C–N with tert-alkyl or cyclic N) is 1. The quantitative estimate of drug-likeness (QED) is 0.691. The van der Waals surface area contributed by atoms with Gasteiger partial charge in [0, 0.05) is 19.2 Å². The molecule has 1 aliphatic heterocycles. The normalized spacial score (nSPS) is 21.9. The first kappa shape index (κ1) is 18.0. The zero-order valence-electron chi connectivity index (χ0n) is 13.7. The van der Waals surface area contributed by atoms with Gasteiger partial charge in [-0.2, -0.15) is 0 Å². The summed E-state index contributed by atoms with van der Waals surface area (Å²) in [6, 6.07) is 3.05. The van der Waals surface area contributed by atoms with Crippen molar-refractivity contribution in [1.82, 2.24) is 10.0 Å². The second-order valence-corrected chi connectivity index (χ2v) is 7.54. The Morgan fingerprint density at radius 2 is 2.00 bits per heavy atom. The molecule has 0 bridgehead atoms. The molecule has 1 atom stereocenters. The van der Waals surface area contributed by atoms with Crippen molar-refractivity contribution in [2.45, 2.75) is 30.3 Å². The molecule has 8 heteroatoms. The molecule has 130 valence electrons. The van der Waals surface area contributed by atoms with Crippen LogP contribution in [0, 0.1) is 6.92 Å². The summed E-state index contributed by atoms with van der Waals surface area (Å²) in [5.74, 6) is 0.703. The van der Waals surface area contributed by atoms with E-state index in [0.717, 1.165) is 18.5 Å². The highest BCUT2D eigenvalue weighted by atomic mass is 32.2. The van der Waals surface area contributed by atoms with Gasteiger partial charge in [0.2, 0.25) is 10.0 Å². The third-order valence-corrected chi connectivity index (χ3v) is 5.43. The van der Waals surface area contributed by atoms with Crippen LogP contribution in [0.15, 0.2) is 17.0 Å². The lowest BCUT2D eigenvalue weighted by Crippen LogP contribution is -2.52. The fourth-order valence-corrected chi connectivity index (χ4v) is 3.93. The van der Waals surface area contributed by atoms with Gasteiger partial charge in [-0.1, -0.05) is 0 Å². The number of piperidine rings is 1. The number of nitrogens with one attached hydrogen (secondary N) is 2. The number of rotatable bonds is 6. The fraction of sp³-hybridized carbons (Fsp3) is 0.600. The maximum atomic E-state index is 12.6. The first-order chi connectivity index (χ1) is 10.8. The van der Waals surface area contributed by atoms with Crippen LogP contribution in [0.1, 0.15) is 18.4 Å². The van der Waals surface area contributed by atoms with E-state index in [1.165, 1.54) is 20.3 Å². The molecule has 23 heavy (non-hydrogen) atoms. The molecule has 0 aliphatic carbocycles. The Morgan fingerprint density at radius 1 is 1.30 bits per heavy atom. The Labute approximate surface area is 137 Å². The summed E-state index contributed by atoms with van der Waals surface area (Å²) in [6.45, 7) is 2.95. The van der Waals surface area contributed by atoms with Gasteiger partial charge >= 0.3 is 0 Å². The van der Waals surface area contributed by atoms with Crippen LogP contribution in [-0.2, 0) is 10.0 Å². The van der Waals surface area contributed by atoms with Crippen LogP contribution in [-0.4, -0.2) is 53.0 Å². The number of benzene rings is 1. The molecule has 0 aromatic heterocycles. The molecular formula is C15H24N2O5S. The monoisotopic (exact) mass is 344 g/mol. The Balaban J connectivity index is 2.25. The summed E-state index contributed by atoms with van der Waals surface area (Å²) < 4.78 is 38.0. The van der Waals surface area contributed by atoms with Crippen molar-refractivity contribution in [3.63, 3.8) is 0 Å². The topological polar surface area (TPSA) is 96.9 Å². The third kappa shape index (κ3) is 4.14. The smallest absolute Gasteiger partial charge is 0.244 e. The lowest BCUT2D eigenvalue weighted by Gasteiger charge is -2.32. The zero-order valence-corrected chi connectivity index (χ0v) is 14.5. The summed E-state index contributed by atoms with van der Waals surface area (Å²) in [5, 5.41) is 13.5. The van der Waals surface area contributed by atoms with E-state index in [2.05, 4.69) is 10.0 Å². The van der Waals surface area contributed by atoms with Crippen LogP contribution in [0.5, 0.6) is 11.5 Å². The number of aryl methyl sites for hydroxylation is 1. The van der Waals surface area contributed by atoms with Gasteiger partial charge in [0.05, 0.1) is 19.8 Å². The summed E-state index contributed by atoms with van der Waals surface area (Å²) >= 11 is 0. The third-order valence-electron chi connectivity index (χ3n) is 4.01. The van der Waals surface area contributed by atoms with E-state index in [4.69, 9.17) is 9.47 Å². The average molecular weight is 344 g/mol. The van der Waals surface area contributed by atoms with E-state index in [1.54, 1.807) is 6.07 Å². The van der Waals surface area contributed by atoms with Crippen LogP contribution < -0.4 is 19.5 Å². The van der Waals surface area contributed by atoms with Crippen LogP contribution in [0.25, 0.3) is 0 Å². The van der Waals surface area contributed by atoms with Gasteiger partial charge in [0.1, 0.15) is 16.4 Å². The Hall–Kier alpha value is -1.35. The number of aliphatic hydroxyl groups is 1. The molecule has 1 saturated heterocycles. The second-order valence-electron chi connectivity index (χ2n) is 5.80. The molecule has 7 nitrogen and oxygen atoms in total. The lowest BCUT2D eigenvalue weighted by atomic mass is 9.95. The first-order valence-corrected chi connectivity index (χ1v) is 8.95. The molecule has 1 aliphatic rings. The minimum absolute atomic E-state index is 0.00480. The summed E-state index contributed by atoms with van der Waals surface area (Å²) in [4.78, 5) is -0.00480. The van der Waals surface area contributed by atoms with Crippen molar-refractivity contribution in [2.75, 3.05) is 33.9 Å². The van der Waals surface area contributed by atoms with Crippen molar-refractivity contribution in [3.8, 4) is 11.5 Å². The molecule has 0 saturated carbocycles. The zero-order chi connectivity index (χ0) is 17.1. The van der Waals surface area contributed by atoms with Gasteiger partial charge in [0.25, 0.3) is 0 Å². The highest BCUT2D eigenvalue weighted by molar-refractivity contribution is 7.89. The van der Waals surface area contributed by atoms with E-state index in [1.807, 2.05) is 6.92 Å². The van der Waals surface area contributed by atoms with Crippen molar-refractivity contribution in [3.05, 3.63) is 17.7 Å². The predicted octanol–water partition coefficient (Wildman–Crippen LogP) is 0.405. The minimum atomic E-state index is -3.83. The Kier molecular flexibility index (Phi) is 5.51. The number of hydrogen-bond donors (Lipinski definition) is 3. The molecule has 0 spiro atoms. The maximum absolute atomic E-state index is 12.6. The Bertz CT molecular complexity index is 654. The molecular weight excluding hydrogens is 320 g/mol. The number of ether oxygens (including phenoxy) is 2. The lowest BCUT2D eigenvalue weighted by molar-refractivity contribution is 0.0218. The molecule has 1 aromatic carbocycles. The SMILES string of the molecule is COc1cc(S(=O)(=O)NC[C@]2(O)CCCNC2)c(OC)cc1C. The van der Waals surface area contributed by atoms with Crippen LogP contribution in [0.3, 0.4) is 0 Å². The molecule has 3 N–H and O–H groups in total. The Morgan fingerprint density at radius 3 is 2.57 bits per heavy atom. The van der Waals surface area contributed by atoms with Crippen molar-refractivity contribution < 1.29 is 23.0 Å². The van der Waals surface area contributed by atoms with Crippen LogP contribution in [0.2, 0.25) is 0 Å². The summed E-state index contributed by atoms with van der Waals surface area (Å²) in [6.07, 6.45) is 1.36. The fourth-order valence-electron chi connectivity index (χ4n) is 2.64. The van der Waals surface area contributed by atoms with E-state index in [9.17, 15) is 13.5 Å². The van der Waals surface area contributed by atoms with Crippen LogP contribution in [0.4, 0.5) is 0 Å². The number of methoxy groups -OCH3 is 2. The van der Waals surface area contributed by atoms with Gasteiger partial charge in [0.15, 0.2) is 0 Å². The molecule has 2 rings (SSSR count). The maximum Gasteiger partial charge on any atom is 0.244 e. The highest BCUT2D eigenvalue weighted by Gasteiger charge is 2.32. The van der Waals surface area contributed by atoms with Gasteiger partial charge in [-0.3, -0.25) is 0 Å². The molecule has 1 fully saturated rings.